The lowest BCUT2D eigenvalue weighted by Crippen LogP contribution is -2.40. The third-order valence-corrected chi connectivity index (χ3v) is 8.58. The summed E-state index contributed by atoms with van der Waals surface area (Å²) in [7, 11) is -3.47. The molecule has 2 heterocycles. The molecule has 5 nitrogen and oxygen atoms in total. The standard InChI is InChI=1S/C24H28N2O3S/c1-16-14-17(2)23-20-4-3-5-21(20)24(25-22(23)15-16)18-6-8-19(9-7-18)30(27,28)26-10-12-29-13-11-26/h3-4,6-9,14-15,20-21,24-25H,5,10-13H2,1-2H3/t20-,21+,24+/m1/s1. The zero-order valence-corrected chi connectivity index (χ0v) is 18.3. The molecule has 6 heteroatoms. The normalized spacial score (nSPS) is 26.1. The van der Waals surface area contributed by atoms with Crippen LogP contribution in [0, 0.1) is 19.8 Å². The second-order valence-corrected chi connectivity index (χ2v) is 10.5. The van der Waals surface area contributed by atoms with E-state index in [4.69, 9.17) is 4.74 Å². The number of sulfonamides is 1. The fourth-order valence-electron chi connectivity index (χ4n) is 5.25. The Morgan fingerprint density at radius 2 is 1.80 bits per heavy atom. The summed E-state index contributed by atoms with van der Waals surface area (Å²) in [4.78, 5) is 0.358. The predicted molar refractivity (Wildman–Crippen MR) is 118 cm³/mol. The number of anilines is 1. The zero-order chi connectivity index (χ0) is 20.9. The molecule has 3 aliphatic rings. The molecule has 1 fully saturated rings. The van der Waals surface area contributed by atoms with E-state index in [2.05, 4.69) is 43.4 Å². The van der Waals surface area contributed by atoms with Crippen molar-refractivity contribution in [3.05, 3.63) is 70.8 Å². The van der Waals surface area contributed by atoms with Gasteiger partial charge >= 0.3 is 0 Å². The van der Waals surface area contributed by atoms with Crippen molar-refractivity contribution in [2.24, 2.45) is 5.92 Å². The van der Waals surface area contributed by atoms with Gasteiger partial charge < -0.3 is 10.1 Å². The number of nitrogens with one attached hydrogen (secondary N) is 1. The topological polar surface area (TPSA) is 58.6 Å². The molecule has 2 aliphatic heterocycles. The van der Waals surface area contributed by atoms with Crippen LogP contribution in [0.2, 0.25) is 0 Å². The van der Waals surface area contributed by atoms with E-state index in [0.717, 1.165) is 12.0 Å². The van der Waals surface area contributed by atoms with Crippen molar-refractivity contribution in [1.82, 2.24) is 4.31 Å². The first-order chi connectivity index (χ1) is 14.4. The van der Waals surface area contributed by atoms with Gasteiger partial charge in [0.2, 0.25) is 10.0 Å². The first-order valence-corrected chi connectivity index (χ1v) is 12.1. The highest BCUT2D eigenvalue weighted by molar-refractivity contribution is 7.89. The van der Waals surface area contributed by atoms with E-state index in [-0.39, 0.29) is 6.04 Å². The van der Waals surface area contributed by atoms with Crippen LogP contribution in [-0.4, -0.2) is 39.0 Å². The van der Waals surface area contributed by atoms with Crippen LogP contribution in [0.25, 0.3) is 0 Å². The minimum absolute atomic E-state index is 0.166. The van der Waals surface area contributed by atoms with Gasteiger partial charge in [-0.15, -0.1) is 0 Å². The summed E-state index contributed by atoms with van der Waals surface area (Å²) >= 11 is 0. The molecule has 3 atom stereocenters. The van der Waals surface area contributed by atoms with Gasteiger partial charge in [0.15, 0.2) is 0 Å². The van der Waals surface area contributed by atoms with E-state index in [0.29, 0.717) is 43.0 Å². The number of fused-ring (bicyclic) bond motifs is 3. The van der Waals surface area contributed by atoms with E-state index in [1.54, 1.807) is 12.1 Å². The average molecular weight is 425 g/mol. The van der Waals surface area contributed by atoms with E-state index >= 15 is 0 Å². The van der Waals surface area contributed by atoms with Gasteiger partial charge in [0, 0.05) is 24.7 Å². The minimum atomic E-state index is -3.47. The van der Waals surface area contributed by atoms with Crippen molar-refractivity contribution in [3.8, 4) is 0 Å². The molecule has 0 unspecified atom stereocenters. The molecular formula is C24H28N2O3S. The molecule has 0 aromatic heterocycles. The van der Waals surface area contributed by atoms with Gasteiger partial charge in [0.1, 0.15) is 0 Å². The summed E-state index contributed by atoms with van der Waals surface area (Å²) in [5, 5.41) is 3.77. The molecule has 2 aromatic carbocycles. The minimum Gasteiger partial charge on any atom is -0.379 e. The van der Waals surface area contributed by atoms with Crippen LogP contribution >= 0.6 is 0 Å². The Morgan fingerprint density at radius 1 is 1.07 bits per heavy atom. The zero-order valence-electron chi connectivity index (χ0n) is 17.5. The number of aryl methyl sites for hydroxylation is 2. The third-order valence-electron chi connectivity index (χ3n) is 6.66. The monoisotopic (exact) mass is 424 g/mol. The Balaban J connectivity index is 1.46. The van der Waals surface area contributed by atoms with Gasteiger partial charge in [-0.3, -0.25) is 0 Å². The van der Waals surface area contributed by atoms with Gasteiger partial charge in [0.25, 0.3) is 0 Å². The van der Waals surface area contributed by atoms with Gasteiger partial charge in [-0.2, -0.15) is 4.31 Å². The predicted octanol–water partition coefficient (Wildman–Crippen LogP) is 4.15. The molecule has 0 radical (unpaired) electrons. The quantitative estimate of drug-likeness (QED) is 0.752. The van der Waals surface area contributed by atoms with Crippen LogP contribution in [0.15, 0.2) is 53.4 Å². The van der Waals surface area contributed by atoms with E-state index in [1.165, 1.54) is 26.7 Å². The number of nitrogens with zero attached hydrogens (tertiary/aromatic N) is 1. The highest BCUT2D eigenvalue weighted by Gasteiger charge is 2.39. The molecule has 158 valence electrons. The summed E-state index contributed by atoms with van der Waals surface area (Å²) in [5.41, 5.74) is 6.34. The second kappa shape index (κ2) is 7.52. The molecule has 0 amide bonds. The Hall–Kier alpha value is -2.15. The largest absolute Gasteiger partial charge is 0.379 e. The van der Waals surface area contributed by atoms with Gasteiger partial charge in [-0.1, -0.05) is 30.4 Å². The summed E-state index contributed by atoms with van der Waals surface area (Å²) < 4.78 is 32.7. The van der Waals surface area contributed by atoms with Crippen LogP contribution < -0.4 is 5.32 Å². The molecule has 0 bridgehead atoms. The highest BCUT2D eigenvalue weighted by atomic mass is 32.2. The average Bonchev–Trinajstić information content (AvgIpc) is 3.23. The maximum absolute atomic E-state index is 12.9. The molecule has 1 aliphatic carbocycles. The number of allylic oxidation sites excluding steroid dienone is 2. The number of morpholine rings is 1. The third kappa shape index (κ3) is 3.27. The lowest BCUT2D eigenvalue weighted by atomic mass is 9.75. The van der Waals surface area contributed by atoms with Gasteiger partial charge in [-0.25, -0.2) is 8.42 Å². The Bertz CT molecular complexity index is 1090. The van der Waals surface area contributed by atoms with Crippen LogP contribution in [0.1, 0.15) is 40.6 Å². The van der Waals surface area contributed by atoms with Crippen molar-refractivity contribution >= 4 is 15.7 Å². The number of ether oxygens (including phenoxy) is 1. The van der Waals surface area contributed by atoms with Crippen LogP contribution in [-0.2, 0) is 14.8 Å². The van der Waals surface area contributed by atoms with E-state index in [1.807, 2.05) is 12.1 Å². The second-order valence-electron chi connectivity index (χ2n) is 8.60. The summed E-state index contributed by atoms with van der Waals surface area (Å²) in [6, 6.07) is 12.1. The molecular weight excluding hydrogens is 396 g/mol. The van der Waals surface area contributed by atoms with Gasteiger partial charge in [0.05, 0.1) is 24.2 Å². The molecule has 1 saturated heterocycles. The Labute approximate surface area is 178 Å². The Kier molecular flexibility index (Phi) is 4.96. The number of rotatable bonds is 3. The van der Waals surface area contributed by atoms with E-state index in [9.17, 15) is 8.42 Å². The summed E-state index contributed by atoms with van der Waals surface area (Å²) in [6.45, 7) is 6.07. The summed E-state index contributed by atoms with van der Waals surface area (Å²) in [6.07, 6.45) is 5.66. The van der Waals surface area contributed by atoms with Gasteiger partial charge in [-0.05, 0) is 66.6 Å². The Morgan fingerprint density at radius 3 is 2.53 bits per heavy atom. The first kappa shape index (κ1) is 19.8. The molecule has 5 rings (SSSR count). The van der Waals surface area contributed by atoms with Crippen LogP contribution in [0.4, 0.5) is 5.69 Å². The van der Waals surface area contributed by atoms with Crippen molar-refractivity contribution in [3.63, 3.8) is 0 Å². The first-order valence-electron chi connectivity index (χ1n) is 10.7. The lowest BCUT2D eigenvalue weighted by molar-refractivity contribution is 0.0730. The van der Waals surface area contributed by atoms with E-state index < -0.39 is 10.0 Å². The fraction of sp³-hybridized carbons (Fsp3) is 0.417. The maximum Gasteiger partial charge on any atom is 0.243 e. The number of hydrogen-bond acceptors (Lipinski definition) is 4. The molecule has 30 heavy (non-hydrogen) atoms. The van der Waals surface area contributed by atoms with Crippen molar-refractivity contribution in [1.29, 1.82) is 0 Å². The van der Waals surface area contributed by atoms with Crippen LogP contribution in [0.3, 0.4) is 0 Å². The van der Waals surface area contributed by atoms with Crippen molar-refractivity contribution in [2.45, 2.75) is 37.1 Å². The molecule has 0 saturated carbocycles. The molecule has 1 N–H and O–H groups in total. The SMILES string of the molecule is Cc1cc(C)c2c(c1)N[C@@H](c1ccc(S(=O)(=O)N3CCOCC3)cc1)[C@H]1CC=C[C@@H]21. The fourth-order valence-corrected chi connectivity index (χ4v) is 6.66. The van der Waals surface area contributed by atoms with Crippen LogP contribution in [0.5, 0.6) is 0 Å². The highest BCUT2D eigenvalue weighted by Crippen LogP contribution is 2.51. The lowest BCUT2D eigenvalue weighted by Gasteiger charge is -2.38. The molecule has 2 aromatic rings. The number of hydrogen-bond donors (Lipinski definition) is 1. The summed E-state index contributed by atoms with van der Waals surface area (Å²) in [5.74, 6) is 0.851. The smallest absolute Gasteiger partial charge is 0.243 e. The van der Waals surface area contributed by atoms with Crippen molar-refractivity contribution in [2.75, 3.05) is 31.6 Å². The maximum atomic E-state index is 12.9. The van der Waals surface area contributed by atoms with Crippen molar-refractivity contribution < 1.29 is 13.2 Å². The number of benzene rings is 2. The molecule has 0 spiro atoms.